The molecule has 1 aliphatic rings. The molecule has 7 heteroatoms. The van der Waals surface area contributed by atoms with Gasteiger partial charge in [0.1, 0.15) is 4.83 Å². The maximum Gasteiger partial charge on any atom is 0.243 e. The van der Waals surface area contributed by atoms with E-state index in [1.54, 1.807) is 16.8 Å². The van der Waals surface area contributed by atoms with Crippen molar-refractivity contribution in [3.63, 3.8) is 0 Å². The zero-order valence-corrected chi connectivity index (χ0v) is 16.5. The van der Waals surface area contributed by atoms with Gasteiger partial charge in [-0.15, -0.1) is 11.3 Å². The zero-order valence-electron chi connectivity index (χ0n) is 14.9. The highest BCUT2D eigenvalue weighted by atomic mass is 35.5. The van der Waals surface area contributed by atoms with Crippen LogP contribution in [0.5, 0.6) is 0 Å². The van der Waals surface area contributed by atoms with Crippen molar-refractivity contribution in [2.24, 2.45) is 0 Å². The molecule has 5 nitrogen and oxygen atoms in total. The monoisotopic (exact) mass is 395 g/mol. The lowest BCUT2D eigenvalue weighted by Gasteiger charge is -2.12. The molecular weight excluding hydrogens is 370 g/mol. The van der Waals surface area contributed by atoms with E-state index in [-0.39, 0.29) is 5.91 Å². The van der Waals surface area contributed by atoms with E-state index in [9.17, 15) is 4.79 Å². The number of hydrogen-bond acceptors (Lipinski definition) is 5. The van der Waals surface area contributed by atoms with E-state index in [4.69, 9.17) is 16.8 Å². The molecule has 2 aromatic heterocycles. The van der Waals surface area contributed by atoms with Gasteiger partial charge in [-0.05, 0) is 50.6 Å². The summed E-state index contributed by atoms with van der Waals surface area (Å²) in [6, 6.07) is 0. The Balaban J connectivity index is 1.46. The Bertz CT molecular complexity index is 763. The Labute approximate surface area is 163 Å². The fourth-order valence-corrected chi connectivity index (χ4v) is 5.13. The first-order chi connectivity index (χ1) is 12.7. The van der Waals surface area contributed by atoms with E-state index in [0.717, 1.165) is 60.6 Å². The van der Waals surface area contributed by atoms with Crippen molar-refractivity contribution in [3.8, 4) is 0 Å². The van der Waals surface area contributed by atoms with Crippen molar-refractivity contribution in [3.05, 3.63) is 27.2 Å². The summed E-state index contributed by atoms with van der Waals surface area (Å²) < 4.78 is 0. The highest BCUT2D eigenvalue weighted by molar-refractivity contribution is 7.19. The number of aromatic nitrogens is 1. The standard InChI is InChI=1S/C19H26ClN3O2S/c20-18-13(11-21-10-6-2-1-3-9-16(24)23-25)12-22-19-17(18)14-7-4-5-8-15(14)26-19/h12,21,25H,1-11H2,(H,23,24). The van der Waals surface area contributed by atoms with Crippen molar-refractivity contribution in [1.29, 1.82) is 0 Å². The van der Waals surface area contributed by atoms with Crippen molar-refractivity contribution in [2.75, 3.05) is 6.54 Å². The molecule has 0 fully saturated rings. The Morgan fingerprint density at radius 2 is 2.04 bits per heavy atom. The first kappa shape index (κ1) is 19.5. The second kappa shape index (κ2) is 9.65. The normalized spacial score (nSPS) is 13.8. The molecule has 0 radical (unpaired) electrons. The molecule has 3 rings (SSSR count). The van der Waals surface area contributed by atoms with Crippen LogP contribution in [0.4, 0.5) is 0 Å². The van der Waals surface area contributed by atoms with Gasteiger partial charge in [0.2, 0.25) is 5.91 Å². The number of nitrogens with one attached hydrogen (secondary N) is 2. The Morgan fingerprint density at radius 1 is 1.23 bits per heavy atom. The summed E-state index contributed by atoms with van der Waals surface area (Å²) in [5, 5.41) is 13.9. The number of aryl methyl sites for hydroxylation is 2. The molecule has 0 atom stereocenters. The smallest absolute Gasteiger partial charge is 0.243 e. The largest absolute Gasteiger partial charge is 0.313 e. The summed E-state index contributed by atoms with van der Waals surface area (Å²) in [6.07, 6.45) is 11.0. The van der Waals surface area contributed by atoms with Gasteiger partial charge in [-0.2, -0.15) is 0 Å². The third kappa shape index (κ3) is 4.74. The third-order valence-corrected chi connectivity index (χ3v) is 6.57. The number of hydroxylamine groups is 1. The van der Waals surface area contributed by atoms with Gasteiger partial charge in [0.05, 0.1) is 5.02 Å². The van der Waals surface area contributed by atoms with Crippen LogP contribution in [0.25, 0.3) is 10.2 Å². The molecule has 0 saturated carbocycles. The molecule has 26 heavy (non-hydrogen) atoms. The van der Waals surface area contributed by atoms with E-state index < -0.39 is 0 Å². The third-order valence-electron chi connectivity index (χ3n) is 4.94. The molecule has 1 aliphatic carbocycles. The highest BCUT2D eigenvalue weighted by Crippen LogP contribution is 2.39. The van der Waals surface area contributed by atoms with Gasteiger partial charge < -0.3 is 5.32 Å². The fraction of sp³-hybridized carbons (Fsp3) is 0.579. The number of carbonyl (C=O) groups excluding carboxylic acids is 1. The lowest BCUT2D eigenvalue weighted by atomic mass is 9.96. The van der Waals surface area contributed by atoms with Crippen LogP contribution in [-0.4, -0.2) is 22.6 Å². The van der Waals surface area contributed by atoms with Crippen molar-refractivity contribution >= 4 is 39.1 Å². The predicted molar refractivity (Wildman–Crippen MR) is 106 cm³/mol. The predicted octanol–water partition coefficient (Wildman–Crippen LogP) is 4.37. The van der Waals surface area contributed by atoms with E-state index in [1.165, 1.54) is 35.1 Å². The minimum Gasteiger partial charge on any atom is -0.313 e. The molecule has 1 amide bonds. The van der Waals surface area contributed by atoms with Crippen LogP contribution in [0.3, 0.4) is 0 Å². The molecule has 0 saturated heterocycles. The summed E-state index contributed by atoms with van der Waals surface area (Å²) in [5.74, 6) is -0.309. The average molecular weight is 396 g/mol. The van der Waals surface area contributed by atoms with Gasteiger partial charge in [-0.3, -0.25) is 10.0 Å². The molecular formula is C19H26ClN3O2S. The van der Waals surface area contributed by atoms with Gasteiger partial charge in [-0.1, -0.05) is 24.4 Å². The van der Waals surface area contributed by atoms with Crippen LogP contribution < -0.4 is 10.8 Å². The second-order valence-electron chi connectivity index (χ2n) is 6.86. The highest BCUT2D eigenvalue weighted by Gasteiger charge is 2.20. The summed E-state index contributed by atoms with van der Waals surface area (Å²) >= 11 is 8.52. The molecule has 0 unspecified atom stereocenters. The van der Waals surface area contributed by atoms with Crippen LogP contribution in [0.2, 0.25) is 5.02 Å². The van der Waals surface area contributed by atoms with Crippen molar-refractivity contribution in [2.45, 2.75) is 64.3 Å². The number of unbranched alkanes of at least 4 members (excludes halogenated alkanes) is 3. The van der Waals surface area contributed by atoms with Crippen LogP contribution in [0.1, 0.15) is 60.9 Å². The quantitative estimate of drug-likeness (QED) is 0.334. The molecule has 3 N–H and O–H groups in total. The summed E-state index contributed by atoms with van der Waals surface area (Å²) in [7, 11) is 0. The summed E-state index contributed by atoms with van der Waals surface area (Å²) in [6.45, 7) is 1.65. The van der Waals surface area contributed by atoms with Crippen molar-refractivity contribution < 1.29 is 10.0 Å². The molecule has 0 aromatic carbocycles. The minimum absolute atomic E-state index is 0.309. The number of amides is 1. The Morgan fingerprint density at radius 3 is 2.88 bits per heavy atom. The number of halogens is 1. The van der Waals surface area contributed by atoms with Crippen LogP contribution in [0.15, 0.2) is 6.20 Å². The Hall–Kier alpha value is -1.21. The fourth-order valence-electron chi connectivity index (χ4n) is 3.51. The molecule has 2 heterocycles. The van der Waals surface area contributed by atoms with Crippen LogP contribution in [0, 0.1) is 0 Å². The van der Waals surface area contributed by atoms with Crippen LogP contribution in [-0.2, 0) is 24.2 Å². The number of fused-ring (bicyclic) bond motifs is 3. The number of carbonyl (C=O) groups is 1. The summed E-state index contributed by atoms with van der Waals surface area (Å²) in [4.78, 5) is 18.1. The summed E-state index contributed by atoms with van der Waals surface area (Å²) in [5.41, 5.74) is 4.17. The topological polar surface area (TPSA) is 74.2 Å². The number of rotatable bonds is 9. The zero-order chi connectivity index (χ0) is 18.4. The number of pyridine rings is 1. The van der Waals surface area contributed by atoms with Crippen molar-refractivity contribution in [1.82, 2.24) is 15.8 Å². The van der Waals surface area contributed by atoms with Gasteiger partial charge in [-0.25, -0.2) is 10.5 Å². The minimum atomic E-state index is -0.309. The molecule has 142 valence electrons. The van der Waals surface area contributed by atoms with E-state index in [0.29, 0.717) is 6.42 Å². The maximum absolute atomic E-state index is 10.9. The lowest BCUT2D eigenvalue weighted by molar-refractivity contribution is -0.129. The van der Waals surface area contributed by atoms with Crippen LogP contribution >= 0.6 is 22.9 Å². The van der Waals surface area contributed by atoms with E-state index in [1.807, 2.05) is 6.20 Å². The SMILES string of the molecule is O=C(CCCCCCNCc1cnc2sc3c(c2c1Cl)CCCC3)NO. The van der Waals surface area contributed by atoms with E-state index in [2.05, 4.69) is 10.3 Å². The average Bonchev–Trinajstić information content (AvgIpc) is 3.04. The molecule has 0 bridgehead atoms. The lowest BCUT2D eigenvalue weighted by Crippen LogP contribution is -2.18. The number of thiophene rings is 1. The second-order valence-corrected chi connectivity index (χ2v) is 8.33. The van der Waals surface area contributed by atoms with Gasteiger partial charge in [0, 0.05) is 35.0 Å². The molecule has 0 spiro atoms. The van der Waals surface area contributed by atoms with Gasteiger partial charge >= 0.3 is 0 Å². The van der Waals surface area contributed by atoms with E-state index >= 15 is 0 Å². The first-order valence-corrected chi connectivity index (χ1v) is 10.6. The van der Waals surface area contributed by atoms with Gasteiger partial charge in [0.15, 0.2) is 0 Å². The van der Waals surface area contributed by atoms with Gasteiger partial charge in [0.25, 0.3) is 0 Å². The maximum atomic E-state index is 10.9. The number of hydrogen-bond donors (Lipinski definition) is 3. The Kier molecular flexibility index (Phi) is 7.25. The number of nitrogens with zero attached hydrogens (tertiary/aromatic N) is 1. The first-order valence-electron chi connectivity index (χ1n) is 9.42. The molecule has 0 aliphatic heterocycles. The molecule has 2 aromatic rings.